The molecule has 1 heterocycles. The highest BCUT2D eigenvalue weighted by atomic mass is 19.4. The fraction of sp³-hybridized carbons (Fsp3) is 0.136. The number of carbonyl (C=O) groups is 1. The summed E-state index contributed by atoms with van der Waals surface area (Å²) in [6.07, 6.45) is -3.50. The van der Waals surface area contributed by atoms with E-state index < -0.39 is 52.4 Å². The topological polar surface area (TPSA) is 51.5 Å². The predicted molar refractivity (Wildman–Crippen MR) is 103 cm³/mol. The lowest BCUT2D eigenvalue weighted by atomic mass is 10.1. The molecule has 3 rings (SSSR count). The molecule has 1 N–H and O–H groups in total. The molecule has 0 saturated carbocycles. The summed E-state index contributed by atoms with van der Waals surface area (Å²) >= 11 is 0. The molecule has 0 bridgehead atoms. The van der Waals surface area contributed by atoms with E-state index in [0.717, 1.165) is 11.6 Å². The molecule has 0 aliphatic heterocycles. The predicted octanol–water partition coefficient (Wildman–Crippen LogP) is 6.41. The molecule has 11 heteroatoms. The minimum absolute atomic E-state index is 0.110. The van der Waals surface area contributed by atoms with Gasteiger partial charge in [0.2, 0.25) is 0 Å². The van der Waals surface area contributed by atoms with Crippen molar-refractivity contribution in [2.45, 2.75) is 19.2 Å². The first-order valence-corrected chi connectivity index (χ1v) is 9.19. The molecule has 2 aromatic carbocycles. The zero-order valence-electron chi connectivity index (χ0n) is 16.5. The van der Waals surface area contributed by atoms with Crippen molar-refractivity contribution in [1.29, 1.82) is 0 Å². The third-order valence-electron chi connectivity index (χ3n) is 4.38. The second-order valence-electron chi connectivity index (χ2n) is 6.61. The molecule has 33 heavy (non-hydrogen) atoms. The number of allylic oxidation sites excluding steroid dienone is 1. The Morgan fingerprint density at radius 2 is 1.64 bits per heavy atom. The van der Waals surface area contributed by atoms with Crippen LogP contribution in [0.25, 0.3) is 0 Å². The quantitative estimate of drug-likeness (QED) is 0.245. The summed E-state index contributed by atoms with van der Waals surface area (Å²) in [5, 5.41) is 1.49. The third kappa shape index (κ3) is 5.02. The Labute approximate surface area is 182 Å². The molecule has 0 fully saturated rings. The number of rotatable bonds is 7. The summed E-state index contributed by atoms with van der Waals surface area (Å²) in [4.78, 5) is 12.2. The first-order chi connectivity index (χ1) is 15.5. The van der Waals surface area contributed by atoms with Crippen LogP contribution in [0.15, 0.2) is 53.5 Å². The van der Waals surface area contributed by atoms with E-state index in [1.54, 1.807) is 24.3 Å². The molecule has 0 spiro atoms. The van der Waals surface area contributed by atoms with Crippen LogP contribution >= 0.6 is 0 Å². The number of nitrogens with one attached hydrogen (secondary N) is 1. The van der Waals surface area contributed by atoms with Gasteiger partial charge in [-0.15, -0.1) is 6.58 Å². The zero-order chi connectivity index (χ0) is 24.3. The third-order valence-corrected chi connectivity index (χ3v) is 4.38. The summed E-state index contributed by atoms with van der Waals surface area (Å²) in [6, 6.07) is 9.40. The Kier molecular flexibility index (Phi) is 6.80. The first-order valence-electron chi connectivity index (χ1n) is 9.19. The van der Waals surface area contributed by atoms with Crippen LogP contribution in [0.2, 0.25) is 0 Å². The maximum absolute atomic E-state index is 14.0. The average molecular weight is 473 g/mol. The smallest absolute Gasteiger partial charge is 0.422 e. The molecule has 3 aromatic rings. The van der Waals surface area contributed by atoms with Gasteiger partial charge in [-0.2, -0.15) is 13.2 Å². The Balaban J connectivity index is 1.77. The van der Waals surface area contributed by atoms with Gasteiger partial charge in [0.25, 0.3) is 5.91 Å². The van der Waals surface area contributed by atoms with Crippen molar-refractivity contribution in [2.24, 2.45) is 0 Å². The number of para-hydroxylation sites is 1. The van der Waals surface area contributed by atoms with Crippen LogP contribution in [0, 0.1) is 23.3 Å². The lowest BCUT2D eigenvalue weighted by Crippen LogP contribution is -2.20. The number of alkyl halides is 3. The Morgan fingerprint density at radius 3 is 2.24 bits per heavy atom. The molecule has 1 amide bonds. The molecule has 0 radical (unpaired) electrons. The number of hydrogen-bond acceptors (Lipinski definition) is 3. The number of hydrogen-bond donors (Lipinski definition) is 1. The fourth-order valence-electron chi connectivity index (χ4n) is 2.86. The van der Waals surface area contributed by atoms with Gasteiger partial charge in [-0.25, -0.2) is 17.6 Å². The van der Waals surface area contributed by atoms with E-state index in [4.69, 9.17) is 9.15 Å². The molecule has 0 atom stereocenters. The largest absolute Gasteiger partial charge is 0.485 e. The molecule has 0 aliphatic carbocycles. The number of ether oxygens (including phenoxy) is 1. The Morgan fingerprint density at radius 1 is 1.00 bits per heavy atom. The minimum Gasteiger partial charge on any atom is -0.485 e. The van der Waals surface area contributed by atoms with Crippen LogP contribution in [0.4, 0.5) is 36.4 Å². The molecule has 174 valence electrons. The summed E-state index contributed by atoms with van der Waals surface area (Å²) in [5.74, 6) is -11.5. The minimum atomic E-state index is -5.70. The second kappa shape index (κ2) is 9.39. The average Bonchev–Trinajstić information content (AvgIpc) is 3.23. The highest BCUT2D eigenvalue weighted by Crippen LogP contribution is 2.38. The number of benzene rings is 2. The normalized spacial score (nSPS) is 11.4. The second-order valence-corrected chi connectivity index (χ2v) is 6.61. The first kappa shape index (κ1) is 23.9. The van der Waals surface area contributed by atoms with Gasteiger partial charge in [-0.3, -0.25) is 4.79 Å². The van der Waals surface area contributed by atoms with Gasteiger partial charge in [0, 0.05) is 0 Å². The van der Waals surface area contributed by atoms with E-state index in [9.17, 15) is 35.5 Å². The van der Waals surface area contributed by atoms with Crippen LogP contribution in [-0.2, 0) is 19.2 Å². The van der Waals surface area contributed by atoms with E-state index >= 15 is 0 Å². The molecule has 4 nitrogen and oxygen atoms in total. The Bertz CT molecular complexity index is 1170. The van der Waals surface area contributed by atoms with Crippen LogP contribution in [0.1, 0.15) is 27.4 Å². The molecular formula is C22H14F7NO3. The number of carbonyl (C=O) groups excluding carboxylic acids is 1. The van der Waals surface area contributed by atoms with Gasteiger partial charge in [0.05, 0.1) is 0 Å². The maximum atomic E-state index is 14.0. The van der Waals surface area contributed by atoms with E-state index in [0.29, 0.717) is 12.2 Å². The highest BCUT2D eigenvalue weighted by molar-refractivity contribution is 6.02. The summed E-state index contributed by atoms with van der Waals surface area (Å²) in [6.45, 7) is 3.49. The fourth-order valence-corrected chi connectivity index (χ4v) is 2.86. The molecular weight excluding hydrogens is 459 g/mol. The van der Waals surface area contributed by atoms with Crippen LogP contribution in [0.3, 0.4) is 0 Å². The van der Waals surface area contributed by atoms with Gasteiger partial charge in [0.15, 0.2) is 29.0 Å². The molecule has 0 unspecified atom stereocenters. The van der Waals surface area contributed by atoms with Crippen LogP contribution in [-0.4, -0.2) is 5.91 Å². The number of halogens is 7. The highest BCUT2D eigenvalue weighted by Gasteiger charge is 2.42. The van der Waals surface area contributed by atoms with E-state index in [2.05, 4.69) is 6.58 Å². The van der Waals surface area contributed by atoms with Gasteiger partial charge in [-0.05, 0) is 30.2 Å². The van der Waals surface area contributed by atoms with Crippen molar-refractivity contribution in [3.63, 3.8) is 0 Å². The zero-order valence-corrected chi connectivity index (χ0v) is 16.5. The number of furan rings is 1. The maximum Gasteiger partial charge on any atom is 0.422 e. The van der Waals surface area contributed by atoms with Gasteiger partial charge >= 0.3 is 6.18 Å². The lowest BCUT2D eigenvalue weighted by Gasteiger charge is -2.14. The van der Waals surface area contributed by atoms with Crippen LogP contribution in [0.5, 0.6) is 5.75 Å². The van der Waals surface area contributed by atoms with Gasteiger partial charge < -0.3 is 14.5 Å². The summed E-state index contributed by atoms with van der Waals surface area (Å²) in [7, 11) is 0. The van der Waals surface area contributed by atoms with Crippen molar-refractivity contribution < 1.29 is 44.7 Å². The van der Waals surface area contributed by atoms with Gasteiger partial charge in [-0.1, -0.05) is 24.3 Å². The SMILES string of the molecule is C=CCc1ccccc1OCc1ccc(C(=O)Nc2c(F)c(F)c(C(F)(F)F)c(F)c2F)o1. The monoisotopic (exact) mass is 473 g/mol. The standard InChI is InChI=1S/C22H14F7NO3/c1-2-5-11-6-3-4-7-13(11)32-10-12-8-9-14(33-12)21(31)30-20-18(25)16(23)15(22(27,28)29)17(24)19(20)26/h2-4,6-9H,1,5,10H2,(H,30,31). The molecule has 1 aromatic heterocycles. The van der Waals surface area contributed by atoms with Crippen molar-refractivity contribution in [1.82, 2.24) is 0 Å². The van der Waals surface area contributed by atoms with E-state index in [-0.39, 0.29) is 12.4 Å². The summed E-state index contributed by atoms with van der Waals surface area (Å²) in [5.41, 5.74) is -3.64. The summed E-state index contributed by atoms with van der Waals surface area (Å²) < 4.78 is 104. The molecule has 0 saturated heterocycles. The van der Waals surface area contributed by atoms with E-state index in [1.807, 2.05) is 6.07 Å². The van der Waals surface area contributed by atoms with Crippen LogP contribution < -0.4 is 10.1 Å². The number of amides is 1. The molecule has 0 aliphatic rings. The lowest BCUT2D eigenvalue weighted by molar-refractivity contribution is -0.143. The van der Waals surface area contributed by atoms with E-state index in [1.165, 1.54) is 11.4 Å². The van der Waals surface area contributed by atoms with Crippen molar-refractivity contribution >= 4 is 11.6 Å². The number of anilines is 1. The Hall–Kier alpha value is -3.76. The van der Waals surface area contributed by atoms with Crippen molar-refractivity contribution in [3.05, 3.63) is 95.0 Å². The van der Waals surface area contributed by atoms with Crippen molar-refractivity contribution in [3.8, 4) is 5.75 Å². The van der Waals surface area contributed by atoms with Gasteiger partial charge in [0.1, 0.15) is 29.4 Å². The van der Waals surface area contributed by atoms with Crippen molar-refractivity contribution in [2.75, 3.05) is 5.32 Å².